The monoisotopic (exact) mass is 428 g/mol. The van der Waals surface area contributed by atoms with Gasteiger partial charge in [-0.3, -0.25) is 0 Å². The van der Waals surface area contributed by atoms with Gasteiger partial charge < -0.3 is 14.4 Å². The maximum atomic E-state index is 13.3. The van der Waals surface area contributed by atoms with E-state index in [-0.39, 0.29) is 4.90 Å². The van der Waals surface area contributed by atoms with Crippen LogP contribution in [-0.2, 0) is 10.0 Å². The first-order chi connectivity index (χ1) is 14.4. The van der Waals surface area contributed by atoms with Crippen molar-refractivity contribution in [2.75, 3.05) is 25.7 Å². The molecule has 7 heteroatoms. The van der Waals surface area contributed by atoms with Crippen molar-refractivity contribution in [3.8, 4) is 11.5 Å². The highest BCUT2D eigenvalue weighted by Gasteiger charge is 2.55. The lowest BCUT2D eigenvalue weighted by molar-refractivity contribution is 0.342. The van der Waals surface area contributed by atoms with Crippen LogP contribution in [0.15, 0.2) is 53.9 Å². The molecule has 0 aromatic heterocycles. The van der Waals surface area contributed by atoms with Gasteiger partial charge in [-0.05, 0) is 38.3 Å². The Morgan fingerprint density at radius 1 is 1.23 bits per heavy atom. The molecule has 160 valence electrons. The highest BCUT2D eigenvalue weighted by molar-refractivity contribution is 7.89. The molecule has 0 radical (unpaired) electrons. The second kappa shape index (κ2) is 7.63. The number of hydrogen-bond donors (Lipinski definition) is 1. The van der Waals surface area contributed by atoms with Crippen LogP contribution < -0.4 is 19.1 Å². The van der Waals surface area contributed by atoms with Gasteiger partial charge in [0.25, 0.3) is 0 Å². The Kier molecular flexibility index (Phi) is 5.28. The molecule has 0 saturated carbocycles. The zero-order chi connectivity index (χ0) is 21.5. The lowest BCUT2D eigenvalue weighted by atomic mass is 9.84. The van der Waals surface area contributed by atoms with Gasteiger partial charge in [-0.25, -0.2) is 13.1 Å². The molecule has 2 aromatic carbocycles. The van der Waals surface area contributed by atoms with Crippen molar-refractivity contribution < 1.29 is 17.9 Å². The van der Waals surface area contributed by atoms with E-state index in [0.717, 1.165) is 36.2 Å². The molecule has 0 aliphatic carbocycles. The number of aryl methyl sites for hydroxylation is 1. The van der Waals surface area contributed by atoms with Gasteiger partial charge >= 0.3 is 0 Å². The number of methoxy groups -OCH3 is 2. The fourth-order valence-corrected chi connectivity index (χ4v) is 6.18. The Morgan fingerprint density at radius 3 is 2.60 bits per heavy atom. The van der Waals surface area contributed by atoms with E-state index < -0.39 is 21.6 Å². The highest BCUT2D eigenvalue weighted by atomic mass is 32.2. The fourth-order valence-electron chi connectivity index (χ4n) is 4.91. The molecule has 2 atom stereocenters. The van der Waals surface area contributed by atoms with Crippen molar-refractivity contribution in [2.45, 2.75) is 42.7 Å². The molecular weight excluding hydrogens is 400 g/mol. The molecule has 2 aliphatic heterocycles. The molecule has 6 nitrogen and oxygen atoms in total. The van der Waals surface area contributed by atoms with E-state index >= 15 is 0 Å². The predicted molar refractivity (Wildman–Crippen MR) is 118 cm³/mol. The number of rotatable bonds is 7. The third kappa shape index (κ3) is 3.17. The summed E-state index contributed by atoms with van der Waals surface area (Å²) in [5.74, 6) is 1.31. The summed E-state index contributed by atoms with van der Waals surface area (Å²) in [6.07, 6.45) is 4.38. The van der Waals surface area contributed by atoms with E-state index in [4.69, 9.17) is 9.47 Å². The Bertz CT molecular complexity index is 1070. The van der Waals surface area contributed by atoms with E-state index in [1.54, 1.807) is 26.4 Å². The number of hydrogen-bond acceptors (Lipinski definition) is 5. The van der Waals surface area contributed by atoms with Crippen molar-refractivity contribution >= 4 is 15.7 Å². The summed E-state index contributed by atoms with van der Waals surface area (Å²) in [7, 11) is -0.516. The second-order valence-corrected chi connectivity index (χ2v) is 9.70. The number of nitrogens with zero attached hydrogens (tertiary/aromatic N) is 1. The standard InChI is InChI=1S/C23H28N2O4S/c1-5-11-23-12-6-13-25(23)19-14-17(28-3)15-20(29-4)21(19)22(23)24-30(26,27)18-9-7-16(2)8-10-18/h5,7-10,14-15,22,24H,1,6,11-13H2,2-4H3/t22-,23-/m0/s1. The molecule has 2 heterocycles. The zero-order valence-electron chi connectivity index (χ0n) is 17.6. The van der Waals surface area contributed by atoms with Gasteiger partial charge in [-0.1, -0.05) is 23.8 Å². The van der Waals surface area contributed by atoms with Gasteiger partial charge in [0.1, 0.15) is 11.5 Å². The van der Waals surface area contributed by atoms with E-state index in [9.17, 15) is 8.42 Å². The number of fused-ring (bicyclic) bond motifs is 3. The van der Waals surface area contributed by atoms with E-state index in [2.05, 4.69) is 16.2 Å². The largest absolute Gasteiger partial charge is 0.497 e. The number of ether oxygens (including phenoxy) is 2. The van der Waals surface area contributed by atoms with Crippen LogP contribution in [0.4, 0.5) is 5.69 Å². The molecule has 0 amide bonds. The number of anilines is 1. The first kappa shape index (κ1) is 20.8. The van der Waals surface area contributed by atoms with Crippen molar-refractivity contribution in [3.05, 3.63) is 60.2 Å². The molecule has 0 spiro atoms. The van der Waals surface area contributed by atoms with Gasteiger partial charge in [0, 0.05) is 29.9 Å². The molecule has 4 rings (SSSR count). The number of sulfonamides is 1. The van der Waals surface area contributed by atoms with E-state index in [0.29, 0.717) is 17.9 Å². The van der Waals surface area contributed by atoms with Crippen molar-refractivity contribution in [3.63, 3.8) is 0 Å². The van der Waals surface area contributed by atoms with Crippen LogP contribution in [0.3, 0.4) is 0 Å². The molecule has 2 aromatic rings. The summed E-state index contributed by atoms with van der Waals surface area (Å²) in [6.45, 7) is 6.74. The maximum Gasteiger partial charge on any atom is 0.241 e. The topological polar surface area (TPSA) is 67.9 Å². The predicted octanol–water partition coefficient (Wildman–Crippen LogP) is 3.96. The first-order valence-corrected chi connectivity index (χ1v) is 11.6. The van der Waals surface area contributed by atoms with Crippen LogP contribution in [0.1, 0.15) is 36.4 Å². The van der Waals surface area contributed by atoms with Gasteiger partial charge in [0.2, 0.25) is 10.0 Å². The molecular formula is C23H28N2O4S. The lowest BCUT2D eigenvalue weighted by Crippen LogP contribution is -2.49. The van der Waals surface area contributed by atoms with Gasteiger partial charge in [0.05, 0.1) is 30.7 Å². The van der Waals surface area contributed by atoms with Gasteiger partial charge in [0.15, 0.2) is 0 Å². The summed E-state index contributed by atoms with van der Waals surface area (Å²) >= 11 is 0. The highest BCUT2D eigenvalue weighted by Crippen LogP contribution is 2.57. The molecule has 1 N–H and O–H groups in total. The third-order valence-electron chi connectivity index (χ3n) is 6.30. The van der Waals surface area contributed by atoms with E-state index in [1.807, 2.05) is 37.3 Å². The first-order valence-electron chi connectivity index (χ1n) is 10.1. The lowest BCUT2D eigenvalue weighted by Gasteiger charge is -2.38. The summed E-state index contributed by atoms with van der Waals surface area (Å²) in [5, 5.41) is 0. The van der Waals surface area contributed by atoms with E-state index in [1.165, 1.54) is 0 Å². The van der Waals surface area contributed by atoms with Crippen LogP contribution in [-0.4, -0.2) is 34.7 Å². The fraction of sp³-hybridized carbons (Fsp3) is 0.391. The normalized spacial score (nSPS) is 22.5. The third-order valence-corrected chi connectivity index (χ3v) is 7.74. The molecule has 1 saturated heterocycles. The second-order valence-electron chi connectivity index (χ2n) is 7.98. The Morgan fingerprint density at radius 2 is 1.97 bits per heavy atom. The van der Waals surface area contributed by atoms with Gasteiger partial charge in [-0.15, -0.1) is 6.58 Å². The molecule has 0 bridgehead atoms. The smallest absolute Gasteiger partial charge is 0.241 e. The minimum Gasteiger partial charge on any atom is -0.497 e. The van der Waals surface area contributed by atoms with Crippen LogP contribution >= 0.6 is 0 Å². The van der Waals surface area contributed by atoms with Crippen LogP contribution in [0.5, 0.6) is 11.5 Å². The summed E-state index contributed by atoms with van der Waals surface area (Å²) in [6, 6.07) is 10.2. The summed E-state index contributed by atoms with van der Waals surface area (Å²) in [4.78, 5) is 2.56. The van der Waals surface area contributed by atoms with Crippen molar-refractivity contribution in [2.24, 2.45) is 0 Å². The SMILES string of the molecule is C=CC[C@@]12CCCN1c1cc(OC)cc(OC)c1[C@@H]2NS(=O)(=O)c1ccc(C)cc1. The number of nitrogens with one attached hydrogen (secondary N) is 1. The Hall–Kier alpha value is -2.51. The minimum atomic E-state index is -3.74. The molecule has 2 aliphatic rings. The molecule has 30 heavy (non-hydrogen) atoms. The average molecular weight is 429 g/mol. The van der Waals surface area contributed by atoms with Gasteiger partial charge in [-0.2, -0.15) is 0 Å². The summed E-state index contributed by atoms with van der Waals surface area (Å²) in [5.41, 5.74) is 2.42. The molecule has 0 unspecified atom stereocenters. The average Bonchev–Trinajstić information content (AvgIpc) is 3.25. The van der Waals surface area contributed by atoms with Crippen molar-refractivity contribution in [1.29, 1.82) is 0 Å². The summed E-state index contributed by atoms with van der Waals surface area (Å²) < 4.78 is 40.9. The molecule has 1 fully saturated rings. The number of benzene rings is 2. The van der Waals surface area contributed by atoms with Crippen LogP contribution in [0.25, 0.3) is 0 Å². The van der Waals surface area contributed by atoms with Crippen LogP contribution in [0.2, 0.25) is 0 Å². The maximum absolute atomic E-state index is 13.3. The Labute approximate surface area is 178 Å². The van der Waals surface area contributed by atoms with Crippen molar-refractivity contribution in [1.82, 2.24) is 4.72 Å². The quantitative estimate of drug-likeness (QED) is 0.676. The Balaban J connectivity index is 1.87. The zero-order valence-corrected chi connectivity index (χ0v) is 18.5. The van der Waals surface area contributed by atoms with Crippen LogP contribution in [0, 0.1) is 6.92 Å². The minimum absolute atomic E-state index is 0.257.